The van der Waals surface area contributed by atoms with Gasteiger partial charge in [-0.3, -0.25) is 4.40 Å². The van der Waals surface area contributed by atoms with Gasteiger partial charge >= 0.3 is 0 Å². The lowest BCUT2D eigenvalue weighted by Crippen LogP contribution is -2.25. The van der Waals surface area contributed by atoms with E-state index in [2.05, 4.69) is 30.2 Å². The predicted molar refractivity (Wildman–Crippen MR) is 79.9 cm³/mol. The van der Waals surface area contributed by atoms with E-state index in [9.17, 15) is 5.26 Å². The van der Waals surface area contributed by atoms with E-state index in [1.807, 2.05) is 0 Å². The van der Waals surface area contributed by atoms with E-state index in [1.54, 1.807) is 22.7 Å². The molecule has 0 unspecified atom stereocenters. The molecule has 1 saturated carbocycles. The molecule has 2 aromatic rings. The summed E-state index contributed by atoms with van der Waals surface area (Å²) < 4.78 is 1.76. The van der Waals surface area contributed by atoms with Crippen LogP contribution in [-0.4, -0.2) is 15.9 Å². The third kappa shape index (κ3) is 2.34. The van der Waals surface area contributed by atoms with Crippen LogP contribution in [0.5, 0.6) is 0 Å². The zero-order chi connectivity index (χ0) is 14.3. The molecule has 1 aliphatic carbocycles. The largest absolute Gasteiger partial charge is 0.367 e. The standard InChI is InChI=1S/C15H17ClN4/c1-15(2,10-3-4-10)9-18-14-12(8-17)20-6-5-11(16)7-13(20)19-14/h5-7,10,18H,3-4,9H2,1-2H3. The van der Waals surface area contributed by atoms with Gasteiger partial charge in [-0.05, 0) is 30.2 Å². The lowest BCUT2D eigenvalue weighted by atomic mass is 9.87. The normalized spacial score (nSPS) is 15.3. The molecule has 2 aromatic heterocycles. The first kappa shape index (κ1) is 13.3. The average Bonchev–Trinajstić information content (AvgIpc) is 3.19. The van der Waals surface area contributed by atoms with E-state index in [4.69, 9.17) is 11.6 Å². The zero-order valence-corrected chi connectivity index (χ0v) is 12.4. The van der Waals surface area contributed by atoms with E-state index in [0.717, 1.165) is 12.5 Å². The summed E-state index contributed by atoms with van der Waals surface area (Å²) in [6, 6.07) is 5.74. The molecule has 1 fully saturated rings. The molecular weight excluding hydrogens is 272 g/mol. The fraction of sp³-hybridized carbons (Fsp3) is 0.467. The van der Waals surface area contributed by atoms with E-state index >= 15 is 0 Å². The molecule has 1 aliphatic rings. The highest BCUT2D eigenvalue weighted by atomic mass is 35.5. The molecule has 0 saturated heterocycles. The molecule has 3 rings (SSSR count). The van der Waals surface area contributed by atoms with Crippen LogP contribution < -0.4 is 5.32 Å². The number of nitriles is 1. The van der Waals surface area contributed by atoms with Crippen molar-refractivity contribution in [2.45, 2.75) is 26.7 Å². The fourth-order valence-corrected chi connectivity index (χ4v) is 2.72. The topological polar surface area (TPSA) is 53.1 Å². The van der Waals surface area contributed by atoms with Crippen molar-refractivity contribution in [1.29, 1.82) is 5.26 Å². The molecule has 2 heterocycles. The van der Waals surface area contributed by atoms with Gasteiger partial charge in [0.05, 0.1) is 0 Å². The summed E-state index contributed by atoms with van der Waals surface area (Å²) >= 11 is 5.97. The molecule has 0 amide bonds. The van der Waals surface area contributed by atoms with Crippen molar-refractivity contribution in [1.82, 2.24) is 9.38 Å². The first-order valence-electron chi connectivity index (χ1n) is 6.83. The second-order valence-corrected chi connectivity index (χ2v) is 6.55. The minimum absolute atomic E-state index is 0.236. The Morgan fingerprint density at radius 1 is 1.55 bits per heavy atom. The van der Waals surface area contributed by atoms with E-state index in [0.29, 0.717) is 22.2 Å². The summed E-state index contributed by atoms with van der Waals surface area (Å²) in [5, 5.41) is 13.3. The van der Waals surface area contributed by atoms with Gasteiger partial charge in [0.2, 0.25) is 0 Å². The molecule has 20 heavy (non-hydrogen) atoms. The Bertz CT molecular complexity index is 692. The van der Waals surface area contributed by atoms with Gasteiger partial charge < -0.3 is 5.32 Å². The van der Waals surface area contributed by atoms with Gasteiger partial charge in [-0.15, -0.1) is 0 Å². The maximum absolute atomic E-state index is 9.34. The van der Waals surface area contributed by atoms with Crippen molar-refractivity contribution in [3.05, 3.63) is 29.0 Å². The number of aromatic nitrogens is 2. The van der Waals surface area contributed by atoms with Gasteiger partial charge in [0.1, 0.15) is 11.7 Å². The summed E-state index contributed by atoms with van der Waals surface area (Å²) in [6.45, 7) is 5.34. The summed E-state index contributed by atoms with van der Waals surface area (Å²) in [6.07, 6.45) is 4.39. The fourth-order valence-electron chi connectivity index (χ4n) is 2.57. The number of rotatable bonds is 4. The van der Waals surface area contributed by atoms with Crippen LogP contribution in [0.25, 0.3) is 5.65 Å². The van der Waals surface area contributed by atoms with Crippen LogP contribution in [0, 0.1) is 22.7 Å². The third-order valence-corrected chi connectivity index (χ3v) is 4.32. The highest BCUT2D eigenvalue weighted by Crippen LogP contribution is 2.45. The van der Waals surface area contributed by atoms with Crippen LogP contribution in [0.4, 0.5) is 5.82 Å². The SMILES string of the molecule is CC(C)(CNc1nc2cc(Cl)ccn2c1C#N)C1CC1. The Morgan fingerprint density at radius 2 is 2.30 bits per heavy atom. The molecular formula is C15H17ClN4. The average molecular weight is 289 g/mol. The number of hydrogen-bond acceptors (Lipinski definition) is 3. The van der Waals surface area contributed by atoms with Crippen molar-refractivity contribution in [2.75, 3.05) is 11.9 Å². The molecule has 104 valence electrons. The smallest absolute Gasteiger partial charge is 0.168 e. The van der Waals surface area contributed by atoms with Crippen LogP contribution >= 0.6 is 11.6 Å². The van der Waals surface area contributed by atoms with Crippen LogP contribution in [-0.2, 0) is 0 Å². The number of fused-ring (bicyclic) bond motifs is 1. The van der Waals surface area contributed by atoms with Crippen molar-refractivity contribution in [3.63, 3.8) is 0 Å². The number of nitrogens with one attached hydrogen (secondary N) is 1. The number of nitrogens with zero attached hydrogens (tertiary/aromatic N) is 3. The highest BCUT2D eigenvalue weighted by molar-refractivity contribution is 6.30. The van der Waals surface area contributed by atoms with Gasteiger partial charge in [-0.25, -0.2) is 4.98 Å². The number of hydrogen-bond donors (Lipinski definition) is 1. The van der Waals surface area contributed by atoms with Crippen molar-refractivity contribution < 1.29 is 0 Å². The Morgan fingerprint density at radius 3 is 2.95 bits per heavy atom. The van der Waals surface area contributed by atoms with Gasteiger partial charge in [0.15, 0.2) is 11.5 Å². The van der Waals surface area contributed by atoms with Crippen molar-refractivity contribution in [2.24, 2.45) is 11.3 Å². The summed E-state index contributed by atoms with van der Waals surface area (Å²) in [5.41, 5.74) is 1.46. The molecule has 5 heteroatoms. The van der Waals surface area contributed by atoms with Gasteiger partial charge in [0, 0.05) is 23.8 Å². The van der Waals surface area contributed by atoms with E-state index < -0.39 is 0 Å². The lowest BCUT2D eigenvalue weighted by Gasteiger charge is -2.24. The molecule has 0 radical (unpaired) electrons. The van der Waals surface area contributed by atoms with Gasteiger partial charge in [-0.1, -0.05) is 25.4 Å². The maximum Gasteiger partial charge on any atom is 0.168 e. The molecule has 0 atom stereocenters. The minimum atomic E-state index is 0.236. The van der Waals surface area contributed by atoms with E-state index in [1.165, 1.54) is 12.8 Å². The third-order valence-electron chi connectivity index (χ3n) is 4.09. The minimum Gasteiger partial charge on any atom is -0.367 e. The zero-order valence-electron chi connectivity index (χ0n) is 11.7. The highest BCUT2D eigenvalue weighted by Gasteiger charge is 2.37. The summed E-state index contributed by atoms with van der Waals surface area (Å²) in [7, 11) is 0. The summed E-state index contributed by atoms with van der Waals surface area (Å²) in [4.78, 5) is 4.47. The Kier molecular flexibility index (Phi) is 3.10. The van der Waals surface area contributed by atoms with Gasteiger partial charge in [-0.2, -0.15) is 5.26 Å². The maximum atomic E-state index is 9.34. The number of imidazole rings is 1. The quantitative estimate of drug-likeness (QED) is 0.933. The monoisotopic (exact) mass is 288 g/mol. The van der Waals surface area contributed by atoms with Crippen LogP contribution in [0.1, 0.15) is 32.4 Å². The molecule has 1 N–H and O–H groups in total. The second-order valence-electron chi connectivity index (χ2n) is 6.11. The molecule has 0 aromatic carbocycles. The molecule has 0 aliphatic heterocycles. The van der Waals surface area contributed by atoms with Crippen LogP contribution in [0.3, 0.4) is 0 Å². The molecule has 0 spiro atoms. The Hall–Kier alpha value is -1.73. The summed E-state index contributed by atoms with van der Waals surface area (Å²) in [5.74, 6) is 1.43. The Labute approximate surface area is 123 Å². The lowest BCUT2D eigenvalue weighted by molar-refractivity contribution is 0.333. The Balaban J connectivity index is 1.89. The number of halogens is 1. The molecule has 4 nitrogen and oxygen atoms in total. The first-order valence-corrected chi connectivity index (χ1v) is 7.20. The van der Waals surface area contributed by atoms with E-state index in [-0.39, 0.29) is 5.41 Å². The molecule has 0 bridgehead atoms. The van der Waals surface area contributed by atoms with Gasteiger partial charge in [0.25, 0.3) is 0 Å². The van der Waals surface area contributed by atoms with Crippen LogP contribution in [0.2, 0.25) is 5.02 Å². The first-order chi connectivity index (χ1) is 9.51. The predicted octanol–water partition coefficient (Wildman–Crippen LogP) is 3.71. The number of pyridine rings is 1. The van der Waals surface area contributed by atoms with Crippen LogP contribution in [0.15, 0.2) is 18.3 Å². The second kappa shape index (κ2) is 4.68. The van der Waals surface area contributed by atoms with Crippen molar-refractivity contribution >= 4 is 23.1 Å². The number of anilines is 1. The van der Waals surface area contributed by atoms with Crippen molar-refractivity contribution in [3.8, 4) is 6.07 Å².